The Morgan fingerprint density at radius 2 is 1.89 bits per heavy atom. The molecule has 0 saturated heterocycles. The van der Waals surface area contributed by atoms with Crippen LogP contribution in [-0.2, 0) is 6.42 Å². The number of rotatable bonds is 4. The second kappa shape index (κ2) is 5.85. The Labute approximate surface area is 112 Å². The lowest BCUT2D eigenvalue weighted by molar-refractivity contribution is 0.168. The summed E-state index contributed by atoms with van der Waals surface area (Å²) in [5, 5.41) is 10.3. The van der Waals surface area contributed by atoms with E-state index in [1.54, 1.807) is 12.1 Å². The molecule has 1 N–H and O–H groups in total. The monoisotopic (exact) mass is 260 g/mol. The van der Waals surface area contributed by atoms with Crippen molar-refractivity contribution in [1.82, 2.24) is 0 Å². The van der Waals surface area contributed by atoms with Crippen LogP contribution in [0.5, 0.6) is 5.75 Å². The Morgan fingerprint density at radius 1 is 1.16 bits per heavy atom. The molecule has 3 heteroatoms. The summed E-state index contributed by atoms with van der Waals surface area (Å²) in [7, 11) is 1.47. The number of methoxy groups -OCH3 is 1. The molecule has 0 radical (unpaired) electrons. The van der Waals surface area contributed by atoms with Gasteiger partial charge in [-0.15, -0.1) is 0 Å². The molecule has 0 amide bonds. The van der Waals surface area contributed by atoms with E-state index in [1.165, 1.54) is 13.2 Å². The lowest BCUT2D eigenvalue weighted by Gasteiger charge is -2.16. The van der Waals surface area contributed by atoms with Gasteiger partial charge in [-0.05, 0) is 30.2 Å². The van der Waals surface area contributed by atoms with Crippen LogP contribution in [-0.4, -0.2) is 12.2 Å². The third kappa shape index (κ3) is 2.93. The molecule has 0 heterocycles. The highest BCUT2D eigenvalue weighted by Gasteiger charge is 2.19. The Hall–Kier alpha value is -1.87. The van der Waals surface area contributed by atoms with E-state index in [-0.39, 0.29) is 5.56 Å². The number of aliphatic hydroxyl groups excluding tert-OH is 1. The summed E-state index contributed by atoms with van der Waals surface area (Å²) in [6.45, 7) is 1.97. The van der Waals surface area contributed by atoms with Gasteiger partial charge >= 0.3 is 0 Å². The van der Waals surface area contributed by atoms with Gasteiger partial charge in [-0.2, -0.15) is 0 Å². The molecule has 0 aliphatic heterocycles. The molecular weight excluding hydrogens is 243 g/mol. The van der Waals surface area contributed by atoms with E-state index in [1.807, 2.05) is 31.2 Å². The van der Waals surface area contributed by atoms with Crippen molar-refractivity contribution in [2.24, 2.45) is 0 Å². The van der Waals surface area contributed by atoms with Crippen molar-refractivity contribution in [3.8, 4) is 5.75 Å². The normalized spacial score (nSPS) is 12.2. The van der Waals surface area contributed by atoms with Crippen LogP contribution in [0.25, 0.3) is 0 Å². The lowest BCUT2D eigenvalue weighted by Crippen LogP contribution is -2.07. The summed E-state index contributed by atoms with van der Waals surface area (Å²) >= 11 is 0. The zero-order valence-corrected chi connectivity index (χ0v) is 11.1. The van der Waals surface area contributed by atoms with Gasteiger partial charge in [0.25, 0.3) is 0 Å². The minimum absolute atomic E-state index is 0.216. The first kappa shape index (κ1) is 13.6. The van der Waals surface area contributed by atoms with E-state index in [0.29, 0.717) is 12.2 Å². The van der Waals surface area contributed by atoms with Gasteiger partial charge in [0.2, 0.25) is 0 Å². The van der Waals surface area contributed by atoms with Crippen molar-refractivity contribution in [2.45, 2.75) is 19.4 Å². The molecule has 2 aromatic carbocycles. The summed E-state index contributed by atoms with van der Waals surface area (Å²) in [6, 6.07) is 12.3. The predicted molar refractivity (Wildman–Crippen MR) is 72.8 cm³/mol. The number of hydrogen-bond donors (Lipinski definition) is 1. The largest absolute Gasteiger partial charge is 0.496 e. The highest BCUT2D eigenvalue weighted by molar-refractivity contribution is 5.38. The number of aryl methyl sites for hydroxylation is 1. The molecular formula is C16H17FO2. The zero-order chi connectivity index (χ0) is 13.8. The van der Waals surface area contributed by atoms with Crippen LogP contribution in [0, 0.1) is 12.7 Å². The van der Waals surface area contributed by atoms with Crippen LogP contribution in [0.15, 0.2) is 42.5 Å². The second-order valence-electron chi connectivity index (χ2n) is 4.50. The quantitative estimate of drug-likeness (QED) is 0.912. The van der Waals surface area contributed by atoms with E-state index in [9.17, 15) is 9.50 Å². The first-order valence-electron chi connectivity index (χ1n) is 6.18. The van der Waals surface area contributed by atoms with Gasteiger partial charge in [0.1, 0.15) is 11.6 Å². The molecule has 0 bridgehead atoms. The number of benzene rings is 2. The molecule has 0 aliphatic carbocycles. The molecule has 2 nitrogen and oxygen atoms in total. The van der Waals surface area contributed by atoms with Crippen LogP contribution < -0.4 is 4.74 Å². The maximum atomic E-state index is 13.9. The summed E-state index contributed by atoms with van der Waals surface area (Å²) in [4.78, 5) is 0. The van der Waals surface area contributed by atoms with Gasteiger partial charge < -0.3 is 9.84 Å². The number of hydrogen-bond acceptors (Lipinski definition) is 2. The van der Waals surface area contributed by atoms with Crippen molar-refractivity contribution in [3.05, 3.63) is 65.0 Å². The summed E-state index contributed by atoms with van der Waals surface area (Å²) < 4.78 is 19.0. The summed E-state index contributed by atoms with van der Waals surface area (Å²) in [6.07, 6.45) is -0.554. The smallest absolute Gasteiger partial charge is 0.132 e. The van der Waals surface area contributed by atoms with Gasteiger partial charge in [0.15, 0.2) is 0 Å². The van der Waals surface area contributed by atoms with Gasteiger partial charge in [0.05, 0.1) is 18.8 Å². The van der Waals surface area contributed by atoms with Crippen LogP contribution >= 0.6 is 0 Å². The molecule has 100 valence electrons. The third-order valence-corrected chi connectivity index (χ3v) is 3.24. The van der Waals surface area contributed by atoms with Crippen molar-refractivity contribution in [2.75, 3.05) is 7.11 Å². The van der Waals surface area contributed by atoms with E-state index >= 15 is 0 Å². The number of aliphatic hydroxyl groups is 1. The molecule has 1 unspecified atom stereocenters. The van der Waals surface area contributed by atoms with Crippen molar-refractivity contribution in [1.29, 1.82) is 0 Å². The minimum Gasteiger partial charge on any atom is -0.496 e. The second-order valence-corrected chi connectivity index (χ2v) is 4.50. The van der Waals surface area contributed by atoms with Gasteiger partial charge in [0, 0.05) is 6.42 Å². The van der Waals surface area contributed by atoms with E-state index in [2.05, 4.69) is 0 Å². The maximum absolute atomic E-state index is 13.9. The SMILES string of the molecule is COc1cccc(F)c1C(O)Cc1ccccc1C. The average Bonchev–Trinajstić information content (AvgIpc) is 2.40. The maximum Gasteiger partial charge on any atom is 0.132 e. The first-order valence-corrected chi connectivity index (χ1v) is 6.18. The Balaban J connectivity index is 2.30. The van der Waals surface area contributed by atoms with Crippen LogP contribution in [0.2, 0.25) is 0 Å². The van der Waals surface area contributed by atoms with Crippen LogP contribution in [0.3, 0.4) is 0 Å². The molecule has 0 fully saturated rings. The highest BCUT2D eigenvalue weighted by atomic mass is 19.1. The fourth-order valence-electron chi connectivity index (χ4n) is 2.17. The number of halogens is 1. The fraction of sp³-hybridized carbons (Fsp3) is 0.250. The van der Waals surface area contributed by atoms with E-state index < -0.39 is 11.9 Å². The van der Waals surface area contributed by atoms with Crippen LogP contribution in [0.1, 0.15) is 22.8 Å². The Kier molecular flexibility index (Phi) is 4.17. The van der Waals surface area contributed by atoms with Gasteiger partial charge in [-0.1, -0.05) is 30.3 Å². The summed E-state index contributed by atoms with van der Waals surface area (Å²) in [5.41, 5.74) is 2.30. The van der Waals surface area contributed by atoms with Crippen molar-refractivity contribution < 1.29 is 14.2 Å². The predicted octanol–water partition coefficient (Wildman–Crippen LogP) is 3.42. The molecule has 1 atom stereocenters. The Bertz CT molecular complexity index is 566. The standard InChI is InChI=1S/C16H17FO2/c1-11-6-3-4-7-12(11)10-14(18)16-13(17)8-5-9-15(16)19-2/h3-9,14,18H,10H2,1-2H3. The molecule has 0 aromatic heterocycles. The zero-order valence-electron chi connectivity index (χ0n) is 11.1. The topological polar surface area (TPSA) is 29.5 Å². The summed E-state index contributed by atoms with van der Waals surface area (Å²) in [5.74, 6) is -0.0680. The van der Waals surface area contributed by atoms with E-state index in [4.69, 9.17) is 4.74 Å². The third-order valence-electron chi connectivity index (χ3n) is 3.24. The van der Waals surface area contributed by atoms with Gasteiger partial charge in [-0.25, -0.2) is 4.39 Å². The molecule has 19 heavy (non-hydrogen) atoms. The fourth-order valence-corrected chi connectivity index (χ4v) is 2.17. The Morgan fingerprint density at radius 3 is 2.58 bits per heavy atom. The van der Waals surface area contributed by atoms with Gasteiger partial charge in [-0.3, -0.25) is 0 Å². The lowest BCUT2D eigenvalue weighted by atomic mass is 9.97. The van der Waals surface area contributed by atoms with Crippen molar-refractivity contribution in [3.63, 3.8) is 0 Å². The molecule has 0 aliphatic rings. The van der Waals surface area contributed by atoms with E-state index in [0.717, 1.165) is 11.1 Å². The number of ether oxygens (including phenoxy) is 1. The molecule has 0 spiro atoms. The molecule has 2 aromatic rings. The van der Waals surface area contributed by atoms with Crippen molar-refractivity contribution >= 4 is 0 Å². The minimum atomic E-state index is -0.919. The molecule has 2 rings (SSSR count). The highest BCUT2D eigenvalue weighted by Crippen LogP contribution is 2.30. The first-order chi connectivity index (χ1) is 9.13. The average molecular weight is 260 g/mol. The molecule has 0 saturated carbocycles. The van der Waals surface area contributed by atoms with Crippen LogP contribution in [0.4, 0.5) is 4.39 Å².